The van der Waals surface area contributed by atoms with E-state index in [1.165, 1.54) is 96.3 Å². The topological polar surface area (TPSA) is 20.2 Å². The Kier molecular flexibility index (Phi) is 20.9. The molecule has 0 spiro atoms. The van der Waals surface area contributed by atoms with Gasteiger partial charge in [0.1, 0.15) is 0 Å². The van der Waals surface area contributed by atoms with Crippen molar-refractivity contribution in [3.8, 4) is 0 Å². The van der Waals surface area contributed by atoms with Crippen LogP contribution in [0.15, 0.2) is 0 Å². The Hall–Kier alpha value is 0.310. The number of hydrogen-bond donors (Lipinski definition) is 2. The second-order valence-corrected chi connectivity index (χ2v) is 8.54. The zero-order chi connectivity index (χ0) is 18.6. The highest BCUT2D eigenvalue weighted by Crippen LogP contribution is 2.23. The Morgan fingerprint density at radius 1 is 0.600 bits per heavy atom. The van der Waals surface area contributed by atoms with Crippen molar-refractivity contribution in [1.82, 2.24) is 0 Å². The Morgan fingerprint density at radius 2 is 1.12 bits per heavy atom. The lowest BCUT2D eigenvalue weighted by molar-refractivity contribution is 0.126. The molecule has 2 atom stereocenters. The third kappa shape index (κ3) is 18.9. The molecule has 1 nitrogen and oxygen atoms in total. The van der Waals surface area contributed by atoms with Crippen molar-refractivity contribution < 1.29 is 5.11 Å². The maximum absolute atomic E-state index is 10.1. The number of rotatable bonds is 20. The van der Waals surface area contributed by atoms with Gasteiger partial charge in [-0.2, -0.15) is 12.6 Å². The highest BCUT2D eigenvalue weighted by molar-refractivity contribution is 7.80. The first-order valence-corrected chi connectivity index (χ1v) is 12.2. The summed E-state index contributed by atoms with van der Waals surface area (Å²) in [5.41, 5.74) is 0. The van der Waals surface area contributed by atoms with Crippen molar-refractivity contribution in [3.63, 3.8) is 0 Å². The molecule has 1 N–H and O–H groups in total. The summed E-state index contributed by atoms with van der Waals surface area (Å²) in [5.74, 6) is 1.64. The predicted molar refractivity (Wildman–Crippen MR) is 118 cm³/mol. The van der Waals surface area contributed by atoms with E-state index in [1.54, 1.807) is 0 Å². The number of hydrogen-bond acceptors (Lipinski definition) is 2. The maximum Gasteiger partial charge on any atom is 0.0543 e. The van der Waals surface area contributed by atoms with Crippen LogP contribution in [0, 0.1) is 5.92 Å². The molecule has 0 radical (unpaired) electrons. The van der Waals surface area contributed by atoms with Crippen molar-refractivity contribution in [2.24, 2.45) is 5.92 Å². The van der Waals surface area contributed by atoms with Gasteiger partial charge in [0.25, 0.3) is 0 Å². The molecule has 0 saturated heterocycles. The summed E-state index contributed by atoms with van der Waals surface area (Å²) in [6.45, 7) is 4.56. The second kappa shape index (κ2) is 20.6. The molecule has 0 fully saturated rings. The van der Waals surface area contributed by atoms with E-state index < -0.39 is 0 Å². The molecule has 0 aromatic heterocycles. The minimum absolute atomic E-state index is 0.0963. The number of aliphatic hydroxyl groups is 1. The summed E-state index contributed by atoms with van der Waals surface area (Å²) >= 11 is 4.25. The van der Waals surface area contributed by atoms with Gasteiger partial charge in [-0.3, -0.25) is 0 Å². The maximum atomic E-state index is 10.1. The molecular formula is C23H48OS. The van der Waals surface area contributed by atoms with E-state index in [9.17, 15) is 5.11 Å². The van der Waals surface area contributed by atoms with Gasteiger partial charge in [0.2, 0.25) is 0 Å². The minimum atomic E-state index is -0.0963. The quantitative estimate of drug-likeness (QED) is 0.164. The van der Waals surface area contributed by atoms with Gasteiger partial charge >= 0.3 is 0 Å². The molecule has 152 valence electrons. The summed E-state index contributed by atoms with van der Waals surface area (Å²) in [5, 5.41) is 10.1. The molecule has 2 unspecified atom stereocenters. The number of aliphatic hydroxyl groups excluding tert-OH is 1. The van der Waals surface area contributed by atoms with Gasteiger partial charge in [-0.05, 0) is 30.9 Å². The van der Waals surface area contributed by atoms with E-state index in [2.05, 4.69) is 26.5 Å². The van der Waals surface area contributed by atoms with Crippen LogP contribution in [0.1, 0.15) is 129 Å². The third-order valence-corrected chi connectivity index (χ3v) is 5.78. The predicted octanol–water partition coefficient (Wildman–Crippen LogP) is 7.95. The van der Waals surface area contributed by atoms with Crippen LogP contribution in [-0.2, 0) is 0 Å². The van der Waals surface area contributed by atoms with Crippen LogP contribution < -0.4 is 0 Å². The fraction of sp³-hybridized carbons (Fsp3) is 1.00. The minimum Gasteiger partial charge on any atom is -0.393 e. The van der Waals surface area contributed by atoms with Crippen LogP contribution in [0.4, 0.5) is 0 Å². The van der Waals surface area contributed by atoms with Crippen molar-refractivity contribution in [3.05, 3.63) is 0 Å². The monoisotopic (exact) mass is 372 g/mol. The summed E-state index contributed by atoms with van der Waals surface area (Å²) in [6.07, 6.45) is 23.8. The largest absolute Gasteiger partial charge is 0.393 e. The lowest BCUT2D eigenvalue weighted by Gasteiger charge is -2.19. The molecule has 0 aliphatic rings. The van der Waals surface area contributed by atoms with Crippen LogP contribution >= 0.6 is 12.6 Å². The molecular weight excluding hydrogens is 324 g/mol. The van der Waals surface area contributed by atoms with Gasteiger partial charge in [-0.15, -0.1) is 0 Å². The van der Waals surface area contributed by atoms with E-state index in [4.69, 9.17) is 0 Å². The fourth-order valence-electron chi connectivity index (χ4n) is 3.89. The Labute approximate surface area is 165 Å². The smallest absolute Gasteiger partial charge is 0.0543 e. The van der Waals surface area contributed by atoms with Gasteiger partial charge in [0.05, 0.1) is 6.10 Å². The standard InChI is InChI=1S/C23H48OS/c1-3-5-6-7-8-9-10-11-12-13-14-15-18-22(17-4-2)21-23(24)19-16-20-25/h22-25H,3-21H2,1-2H3. The molecule has 0 aliphatic carbocycles. The zero-order valence-electron chi connectivity index (χ0n) is 17.5. The Balaban J connectivity index is 3.46. The Morgan fingerprint density at radius 3 is 1.60 bits per heavy atom. The van der Waals surface area contributed by atoms with Crippen LogP contribution in [0.3, 0.4) is 0 Å². The van der Waals surface area contributed by atoms with E-state index in [1.807, 2.05) is 0 Å². The van der Waals surface area contributed by atoms with E-state index in [0.717, 1.165) is 30.9 Å². The van der Waals surface area contributed by atoms with Crippen molar-refractivity contribution in [2.75, 3.05) is 5.75 Å². The zero-order valence-corrected chi connectivity index (χ0v) is 18.4. The molecule has 0 amide bonds. The molecule has 0 bridgehead atoms. The van der Waals surface area contributed by atoms with Crippen molar-refractivity contribution >= 4 is 12.6 Å². The molecule has 0 saturated carbocycles. The van der Waals surface area contributed by atoms with Crippen LogP contribution in [0.5, 0.6) is 0 Å². The van der Waals surface area contributed by atoms with Crippen LogP contribution in [-0.4, -0.2) is 17.0 Å². The average molecular weight is 373 g/mol. The molecule has 0 heterocycles. The van der Waals surface area contributed by atoms with Gasteiger partial charge < -0.3 is 5.11 Å². The second-order valence-electron chi connectivity index (χ2n) is 8.09. The van der Waals surface area contributed by atoms with E-state index in [0.29, 0.717) is 0 Å². The highest BCUT2D eigenvalue weighted by atomic mass is 32.1. The molecule has 0 rings (SSSR count). The van der Waals surface area contributed by atoms with Gasteiger partial charge in [-0.25, -0.2) is 0 Å². The fourth-order valence-corrected chi connectivity index (χ4v) is 4.07. The average Bonchev–Trinajstić information content (AvgIpc) is 2.61. The van der Waals surface area contributed by atoms with E-state index in [-0.39, 0.29) is 6.10 Å². The normalized spacial score (nSPS) is 13.9. The number of thiol groups is 1. The summed E-state index contributed by atoms with van der Waals surface area (Å²) < 4.78 is 0. The number of unbranched alkanes of at least 4 members (excludes halogenated alkanes) is 11. The third-order valence-electron chi connectivity index (χ3n) is 5.46. The highest BCUT2D eigenvalue weighted by Gasteiger charge is 2.13. The SMILES string of the molecule is CCCCCCCCCCCCCCC(CCC)CC(O)CCCS. The lowest BCUT2D eigenvalue weighted by atomic mass is 9.89. The molecule has 0 aromatic carbocycles. The van der Waals surface area contributed by atoms with E-state index >= 15 is 0 Å². The van der Waals surface area contributed by atoms with Crippen molar-refractivity contribution in [2.45, 2.75) is 136 Å². The molecule has 0 aromatic rings. The molecule has 0 aliphatic heterocycles. The van der Waals surface area contributed by atoms with Crippen LogP contribution in [0.25, 0.3) is 0 Å². The van der Waals surface area contributed by atoms with Gasteiger partial charge in [0, 0.05) is 0 Å². The van der Waals surface area contributed by atoms with Crippen LogP contribution in [0.2, 0.25) is 0 Å². The molecule has 25 heavy (non-hydrogen) atoms. The van der Waals surface area contributed by atoms with Gasteiger partial charge in [0.15, 0.2) is 0 Å². The van der Waals surface area contributed by atoms with Crippen molar-refractivity contribution in [1.29, 1.82) is 0 Å². The van der Waals surface area contributed by atoms with Gasteiger partial charge in [-0.1, -0.05) is 110 Å². The first-order chi connectivity index (χ1) is 12.2. The first-order valence-electron chi connectivity index (χ1n) is 11.5. The Bertz CT molecular complexity index is 244. The summed E-state index contributed by atoms with van der Waals surface area (Å²) in [4.78, 5) is 0. The lowest BCUT2D eigenvalue weighted by Crippen LogP contribution is -2.14. The summed E-state index contributed by atoms with van der Waals surface area (Å²) in [6, 6.07) is 0. The first kappa shape index (κ1) is 25.3. The molecule has 2 heteroatoms. The summed E-state index contributed by atoms with van der Waals surface area (Å²) in [7, 11) is 0.